The Kier molecular flexibility index (Phi) is 6.41. The number of unbranched alkanes of at least 4 members (excludes halogenated alkanes) is 2. The number of nitrogens with one attached hydrogen (secondary N) is 1. The fourth-order valence-corrected chi connectivity index (χ4v) is 2.49. The molecule has 0 radical (unpaired) electrons. The summed E-state index contributed by atoms with van der Waals surface area (Å²) in [5.41, 5.74) is 0. The number of piperazine rings is 1. The third kappa shape index (κ3) is 3.99. The zero-order valence-corrected chi connectivity index (χ0v) is 11.9. The van der Waals surface area contributed by atoms with E-state index in [0.717, 1.165) is 25.7 Å². The molecule has 0 bridgehead atoms. The number of amides is 2. The molecule has 0 saturated carbocycles. The van der Waals surface area contributed by atoms with Crippen molar-refractivity contribution in [3.63, 3.8) is 0 Å². The maximum Gasteiger partial charge on any atom is 0.245 e. The SMILES string of the molecule is C#CCCCCN1C(=O)C(CCC)NC(=O)C1CC. The minimum atomic E-state index is -0.340. The molecule has 4 nitrogen and oxygen atoms in total. The van der Waals surface area contributed by atoms with E-state index < -0.39 is 0 Å². The van der Waals surface area contributed by atoms with Crippen LogP contribution in [0.15, 0.2) is 0 Å². The molecule has 1 fully saturated rings. The molecule has 19 heavy (non-hydrogen) atoms. The second-order valence-electron chi connectivity index (χ2n) is 4.97. The summed E-state index contributed by atoms with van der Waals surface area (Å²) in [6.07, 6.45) is 9.96. The fraction of sp³-hybridized carbons (Fsp3) is 0.733. The van der Waals surface area contributed by atoms with Gasteiger partial charge < -0.3 is 10.2 Å². The number of rotatable bonds is 7. The molecule has 2 amide bonds. The van der Waals surface area contributed by atoms with Gasteiger partial charge in [-0.25, -0.2) is 0 Å². The highest BCUT2D eigenvalue weighted by atomic mass is 16.2. The van der Waals surface area contributed by atoms with Gasteiger partial charge in [-0.05, 0) is 25.7 Å². The summed E-state index contributed by atoms with van der Waals surface area (Å²) >= 11 is 0. The largest absolute Gasteiger partial charge is 0.343 e. The van der Waals surface area contributed by atoms with Crippen molar-refractivity contribution in [3.8, 4) is 12.3 Å². The quantitative estimate of drug-likeness (QED) is 0.562. The molecule has 4 heteroatoms. The van der Waals surface area contributed by atoms with Gasteiger partial charge in [-0.1, -0.05) is 20.3 Å². The molecule has 1 heterocycles. The lowest BCUT2D eigenvalue weighted by molar-refractivity contribution is -0.149. The van der Waals surface area contributed by atoms with Crippen molar-refractivity contribution in [1.82, 2.24) is 10.2 Å². The standard InChI is InChI=1S/C15H24N2O2/c1-4-7-8-9-11-17-13(6-3)14(18)16-12(10-5-2)15(17)19/h1,12-13H,5-11H2,2-3H3,(H,16,18). The lowest BCUT2D eigenvalue weighted by Crippen LogP contribution is -2.63. The first-order valence-corrected chi connectivity index (χ1v) is 7.20. The van der Waals surface area contributed by atoms with E-state index in [1.165, 1.54) is 0 Å². The number of terminal acetylenes is 1. The second-order valence-corrected chi connectivity index (χ2v) is 4.97. The van der Waals surface area contributed by atoms with Crippen molar-refractivity contribution >= 4 is 11.8 Å². The van der Waals surface area contributed by atoms with Crippen LogP contribution in [0.2, 0.25) is 0 Å². The van der Waals surface area contributed by atoms with E-state index in [4.69, 9.17) is 6.42 Å². The lowest BCUT2D eigenvalue weighted by Gasteiger charge is -2.38. The van der Waals surface area contributed by atoms with Gasteiger partial charge in [0, 0.05) is 13.0 Å². The molecule has 1 rings (SSSR count). The Labute approximate surface area is 115 Å². The average molecular weight is 264 g/mol. The minimum absolute atomic E-state index is 0.0162. The number of carbonyl (C=O) groups excluding carboxylic acids is 2. The molecule has 2 unspecified atom stereocenters. The van der Waals surface area contributed by atoms with Crippen LogP contribution in [0.1, 0.15) is 52.4 Å². The summed E-state index contributed by atoms with van der Waals surface area (Å²) in [7, 11) is 0. The monoisotopic (exact) mass is 264 g/mol. The fourth-order valence-electron chi connectivity index (χ4n) is 2.49. The topological polar surface area (TPSA) is 49.4 Å². The molecule has 0 spiro atoms. The Morgan fingerprint density at radius 1 is 1.32 bits per heavy atom. The summed E-state index contributed by atoms with van der Waals surface area (Å²) < 4.78 is 0. The van der Waals surface area contributed by atoms with Gasteiger partial charge in [0.25, 0.3) is 0 Å². The molecular formula is C15H24N2O2. The molecule has 1 N–H and O–H groups in total. The molecule has 0 aliphatic carbocycles. The normalized spacial score (nSPS) is 23.1. The van der Waals surface area contributed by atoms with Crippen molar-refractivity contribution in [2.45, 2.75) is 64.5 Å². The predicted octanol–water partition coefficient (Wildman–Crippen LogP) is 1.70. The van der Waals surface area contributed by atoms with Crippen LogP contribution in [-0.2, 0) is 9.59 Å². The average Bonchev–Trinajstić information content (AvgIpc) is 2.40. The van der Waals surface area contributed by atoms with Gasteiger partial charge in [0.2, 0.25) is 11.8 Å². The highest BCUT2D eigenvalue weighted by Gasteiger charge is 2.38. The maximum atomic E-state index is 12.4. The van der Waals surface area contributed by atoms with Crippen LogP contribution in [0.25, 0.3) is 0 Å². The molecule has 1 aliphatic heterocycles. The smallest absolute Gasteiger partial charge is 0.245 e. The van der Waals surface area contributed by atoms with Crippen molar-refractivity contribution in [2.75, 3.05) is 6.54 Å². The van der Waals surface area contributed by atoms with Crippen molar-refractivity contribution in [2.24, 2.45) is 0 Å². The number of nitrogens with zero attached hydrogens (tertiary/aromatic N) is 1. The summed E-state index contributed by atoms with van der Waals surface area (Å²) in [6.45, 7) is 4.58. The molecule has 1 aliphatic rings. The van der Waals surface area contributed by atoms with E-state index in [-0.39, 0.29) is 23.9 Å². The van der Waals surface area contributed by atoms with Gasteiger partial charge in [0.15, 0.2) is 0 Å². The zero-order valence-electron chi connectivity index (χ0n) is 11.9. The van der Waals surface area contributed by atoms with Gasteiger partial charge in [-0.2, -0.15) is 0 Å². The first-order valence-electron chi connectivity index (χ1n) is 7.20. The number of hydrogen-bond acceptors (Lipinski definition) is 2. The van der Waals surface area contributed by atoms with E-state index in [0.29, 0.717) is 19.4 Å². The third-order valence-electron chi connectivity index (χ3n) is 3.51. The first kappa shape index (κ1) is 15.6. The number of hydrogen-bond donors (Lipinski definition) is 1. The highest BCUT2D eigenvalue weighted by molar-refractivity contribution is 5.96. The van der Waals surface area contributed by atoms with Gasteiger partial charge >= 0.3 is 0 Å². The van der Waals surface area contributed by atoms with Gasteiger partial charge in [0.05, 0.1) is 0 Å². The highest BCUT2D eigenvalue weighted by Crippen LogP contribution is 2.16. The van der Waals surface area contributed by atoms with E-state index in [2.05, 4.69) is 11.2 Å². The summed E-state index contributed by atoms with van der Waals surface area (Å²) in [5, 5.41) is 2.84. The number of carbonyl (C=O) groups is 2. The second kappa shape index (κ2) is 7.83. The van der Waals surface area contributed by atoms with E-state index in [1.807, 2.05) is 13.8 Å². The van der Waals surface area contributed by atoms with Crippen LogP contribution in [0, 0.1) is 12.3 Å². The van der Waals surface area contributed by atoms with Crippen LogP contribution in [0.5, 0.6) is 0 Å². The Balaban J connectivity index is 2.67. The Morgan fingerprint density at radius 2 is 2.05 bits per heavy atom. The zero-order chi connectivity index (χ0) is 14.3. The van der Waals surface area contributed by atoms with Crippen molar-refractivity contribution in [1.29, 1.82) is 0 Å². The summed E-state index contributed by atoms with van der Waals surface area (Å²) in [6, 6.07) is -0.653. The van der Waals surface area contributed by atoms with Crippen LogP contribution >= 0.6 is 0 Å². The van der Waals surface area contributed by atoms with Crippen molar-refractivity contribution < 1.29 is 9.59 Å². The Hall–Kier alpha value is -1.50. The van der Waals surface area contributed by atoms with E-state index in [1.54, 1.807) is 4.90 Å². The van der Waals surface area contributed by atoms with Gasteiger partial charge in [-0.3, -0.25) is 9.59 Å². The third-order valence-corrected chi connectivity index (χ3v) is 3.51. The van der Waals surface area contributed by atoms with E-state index in [9.17, 15) is 9.59 Å². The predicted molar refractivity (Wildman–Crippen MR) is 75.3 cm³/mol. The van der Waals surface area contributed by atoms with Gasteiger partial charge in [-0.15, -0.1) is 12.3 Å². The molecule has 0 aromatic carbocycles. The molecular weight excluding hydrogens is 240 g/mol. The lowest BCUT2D eigenvalue weighted by atomic mass is 10.0. The van der Waals surface area contributed by atoms with Crippen LogP contribution in [-0.4, -0.2) is 35.3 Å². The van der Waals surface area contributed by atoms with Crippen molar-refractivity contribution in [3.05, 3.63) is 0 Å². The summed E-state index contributed by atoms with van der Waals surface area (Å²) in [4.78, 5) is 26.1. The van der Waals surface area contributed by atoms with Gasteiger partial charge in [0.1, 0.15) is 12.1 Å². The van der Waals surface area contributed by atoms with Crippen LogP contribution in [0.4, 0.5) is 0 Å². The first-order chi connectivity index (χ1) is 9.15. The molecule has 0 aromatic rings. The minimum Gasteiger partial charge on any atom is -0.343 e. The molecule has 2 atom stereocenters. The maximum absolute atomic E-state index is 12.4. The van der Waals surface area contributed by atoms with Crippen LogP contribution in [0.3, 0.4) is 0 Å². The molecule has 0 aromatic heterocycles. The Bertz CT molecular complexity index is 360. The van der Waals surface area contributed by atoms with E-state index >= 15 is 0 Å². The Morgan fingerprint density at radius 3 is 2.63 bits per heavy atom. The summed E-state index contributed by atoms with van der Waals surface area (Å²) in [5.74, 6) is 2.64. The van der Waals surface area contributed by atoms with Crippen LogP contribution < -0.4 is 5.32 Å². The molecule has 1 saturated heterocycles. The molecule has 106 valence electrons.